The number of amides is 1. The minimum atomic E-state index is -0.344. The molecule has 0 aliphatic carbocycles. The van der Waals surface area contributed by atoms with E-state index in [0.29, 0.717) is 10.9 Å². The normalized spacial score (nSPS) is 18.2. The van der Waals surface area contributed by atoms with Gasteiger partial charge in [0.15, 0.2) is 11.3 Å². The van der Waals surface area contributed by atoms with Gasteiger partial charge in [0, 0.05) is 11.0 Å². The number of nitrogens with one attached hydrogen (secondary N) is 1. The van der Waals surface area contributed by atoms with Gasteiger partial charge in [-0.3, -0.25) is 15.1 Å². The SMILES string of the molecule is CCCCSC1=NN2C(=c3ccccc3=N[C@H]2c2ccc(C)cc2)C(=O)N1. The maximum atomic E-state index is 12.9. The molecule has 0 saturated heterocycles. The van der Waals surface area contributed by atoms with E-state index in [1.54, 1.807) is 16.8 Å². The average molecular weight is 379 g/mol. The van der Waals surface area contributed by atoms with Crippen LogP contribution in [0.5, 0.6) is 0 Å². The molecule has 0 radical (unpaired) electrons. The van der Waals surface area contributed by atoms with Crippen molar-refractivity contribution < 1.29 is 4.79 Å². The fourth-order valence-corrected chi connectivity index (χ4v) is 4.10. The van der Waals surface area contributed by atoms with Crippen LogP contribution in [0.1, 0.15) is 37.1 Å². The molecule has 0 spiro atoms. The van der Waals surface area contributed by atoms with Crippen molar-refractivity contribution in [2.45, 2.75) is 32.9 Å². The Morgan fingerprint density at radius 1 is 1.15 bits per heavy atom. The Labute approximate surface area is 162 Å². The second kappa shape index (κ2) is 7.56. The lowest BCUT2D eigenvalue weighted by Gasteiger charge is -2.34. The monoisotopic (exact) mass is 378 g/mol. The third-order valence-electron chi connectivity index (χ3n) is 4.63. The van der Waals surface area contributed by atoms with Crippen molar-refractivity contribution in [2.75, 3.05) is 5.75 Å². The summed E-state index contributed by atoms with van der Waals surface area (Å²) in [6, 6.07) is 16.0. The summed E-state index contributed by atoms with van der Waals surface area (Å²) in [7, 11) is 0. The number of amidine groups is 1. The largest absolute Gasteiger partial charge is 0.298 e. The molecule has 4 rings (SSSR count). The Balaban J connectivity index is 1.83. The molecular weight excluding hydrogens is 356 g/mol. The molecule has 0 saturated carbocycles. The summed E-state index contributed by atoms with van der Waals surface area (Å²) in [5, 5.41) is 11.8. The van der Waals surface area contributed by atoms with Crippen molar-refractivity contribution in [3.8, 4) is 0 Å². The highest BCUT2D eigenvalue weighted by atomic mass is 32.2. The average Bonchev–Trinajstić information content (AvgIpc) is 2.68. The topological polar surface area (TPSA) is 57.1 Å². The molecule has 0 aromatic heterocycles. The lowest BCUT2D eigenvalue weighted by atomic mass is 10.1. The van der Waals surface area contributed by atoms with Crippen LogP contribution in [0.25, 0.3) is 5.70 Å². The quantitative estimate of drug-likeness (QED) is 0.832. The molecule has 2 aliphatic rings. The highest BCUT2D eigenvalue weighted by Crippen LogP contribution is 2.30. The lowest BCUT2D eigenvalue weighted by Crippen LogP contribution is -2.50. The maximum Gasteiger partial charge on any atom is 0.276 e. The van der Waals surface area contributed by atoms with Gasteiger partial charge < -0.3 is 0 Å². The number of hydrazone groups is 1. The molecule has 1 amide bonds. The van der Waals surface area contributed by atoms with Crippen LogP contribution in [0, 0.1) is 6.92 Å². The summed E-state index contributed by atoms with van der Waals surface area (Å²) in [6.07, 6.45) is 1.86. The first kappa shape index (κ1) is 17.8. The molecule has 27 heavy (non-hydrogen) atoms. The van der Waals surface area contributed by atoms with E-state index in [0.717, 1.165) is 34.7 Å². The van der Waals surface area contributed by atoms with Gasteiger partial charge in [-0.1, -0.05) is 73.1 Å². The van der Waals surface area contributed by atoms with E-state index in [1.165, 1.54) is 5.56 Å². The van der Waals surface area contributed by atoms with E-state index in [4.69, 9.17) is 10.1 Å². The van der Waals surface area contributed by atoms with Crippen LogP contribution in [0.2, 0.25) is 0 Å². The molecule has 0 fully saturated rings. The number of unbranched alkanes of at least 4 members (excludes halogenated alkanes) is 1. The summed E-state index contributed by atoms with van der Waals surface area (Å²) in [5.74, 6) is 0.810. The number of aryl methyl sites for hydroxylation is 1. The van der Waals surface area contributed by atoms with Crippen molar-refractivity contribution >= 4 is 28.5 Å². The van der Waals surface area contributed by atoms with Crippen LogP contribution < -0.4 is 15.9 Å². The van der Waals surface area contributed by atoms with Crippen molar-refractivity contribution in [3.63, 3.8) is 0 Å². The summed E-state index contributed by atoms with van der Waals surface area (Å²) in [5.41, 5.74) is 2.77. The highest BCUT2D eigenvalue weighted by molar-refractivity contribution is 8.13. The smallest absolute Gasteiger partial charge is 0.276 e. The predicted octanol–water partition coefficient (Wildman–Crippen LogP) is 2.67. The predicted molar refractivity (Wildman–Crippen MR) is 109 cm³/mol. The molecule has 2 aliphatic heterocycles. The summed E-state index contributed by atoms with van der Waals surface area (Å²) in [4.78, 5) is 17.8. The van der Waals surface area contributed by atoms with Gasteiger partial charge in [0.1, 0.15) is 5.70 Å². The third kappa shape index (κ3) is 3.49. The minimum Gasteiger partial charge on any atom is -0.298 e. The third-order valence-corrected chi connectivity index (χ3v) is 5.58. The van der Waals surface area contributed by atoms with Gasteiger partial charge in [0.2, 0.25) is 0 Å². The molecule has 0 bridgehead atoms. The van der Waals surface area contributed by atoms with Crippen LogP contribution in [-0.4, -0.2) is 21.8 Å². The van der Waals surface area contributed by atoms with Gasteiger partial charge >= 0.3 is 0 Å². The minimum absolute atomic E-state index is 0.122. The van der Waals surface area contributed by atoms with Crippen LogP contribution >= 0.6 is 11.8 Å². The Morgan fingerprint density at radius 3 is 2.70 bits per heavy atom. The first-order valence-electron chi connectivity index (χ1n) is 9.23. The molecule has 138 valence electrons. The van der Waals surface area contributed by atoms with E-state index in [9.17, 15) is 4.79 Å². The zero-order valence-electron chi connectivity index (χ0n) is 15.5. The Hall–Kier alpha value is -2.60. The second-order valence-corrected chi connectivity index (χ2v) is 7.77. The molecule has 1 N–H and O–H groups in total. The number of para-hydroxylation sites is 1. The summed E-state index contributed by atoms with van der Waals surface area (Å²) >= 11 is 1.58. The van der Waals surface area contributed by atoms with Crippen molar-refractivity contribution in [1.29, 1.82) is 0 Å². The van der Waals surface area contributed by atoms with E-state index in [2.05, 4.69) is 43.4 Å². The Morgan fingerprint density at radius 2 is 1.93 bits per heavy atom. The van der Waals surface area contributed by atoms with Crippen molar-refractivity contribution in [3.05, 3.63) is 70.2 Å². The van der Waals surface area contributed by atoms with Gasteiger partial charge in [-0.05, 0) is 25.0 Å². The molecule has 5 nitrogen and oxygen atoms in total. The maximum absolute atomic E-state index is 12.9. The lowest BCUT2D eigenvalue weighted by molar-refractivity contribution is -0.116. The van der Waals surface area contributed by atoms with Gasteiger partial charge in [-0.2, -0.15) is 0 Å². The number of benzene rings is 2. The number of carbonyl (C=O) groups excluding carboxylic acids is 1. The molecule has 6 heteroatoms. The highest BCUT2D eigenvalue weighted by Gasteiger charge is 2.34. The number of fused-ring (bicyclic) bond motifs is 2. The molecule has 2 aromatic rings. The molecule has 0 unspecified atom stereocenters. The van der Waals surface area contributed by atoms with Gasteiger partial charge in [0.25, 0.3) is 5.91 Å². The fraction of sp³-hybridized carbons (Fsp3) is 0.286. The van der Waals surface area contributed by atoms with Crippen molar-refractivity contribution in [2.24, 2.45) is 10.1 Å². The zero-order valence-corrected chi connectivity index (χ0v) is 16.3. The van der Waals surface area contributed by atoms with Gasteiger partial charge in [-0.15, -0.1) is 5.10 Å². The van der Waals surface area contributed by atoms with E-state index < -0.39 is 0 Å². The van der Waals surface area contributed by atoms with Crippen LogP contribution in [0.3, 0.4) is 0 Å². The number of nitrogens with zero attached hydrogens (tertiary/aromatic N) is 3. The van der Waals surface area contributed by atoms with Crippen molar-refractivity contribution in [1.82, 2.24) is 10.3 Å². The number of carbonyl (C=O) groups is 1. The number of thioether (sulfide) groups is 1. The van der Waals surface area contributed by atoms with E-state index >= 15 is 0 Å². The summed E-state index contributed by atoms with van der Waals surface area (Å²) < 4.78 is 0. The molecule has 2 heterocycles. The number of hydrogen-bond acceptors (Lipinski definition) is 5. The first-order valence-corrected chi connectivity index (χ1v) is 10.2. The van der Waals surface area contributed by atoms with E-state index in [-0.39, 0.29) is 12.1 Å². The molecule has 1 atom stereocenters. The Kier molecular flexibility index (Phi) is 4.99. The second-order valence-electron chi connectivity index (χ2n) is 6.69. The van der Waals surface area contributed by atoms with Gasteiger partial charge in [0.05, 0.1) is 5.36 Å². The number of rotatable bonds is 4. The van der Waals surface area contributed by atoms with Crippen LogP contribution in [-0.2, 0) is 4.79 Å². The van der Waals surface area contributed by atoms with Crippen LogP contribution in [0.4, 0.5) is 0 Å². The van der Waals surface area contributed by atoms with Gasteiger partial charge in [-0.25, -0.2) is 5.01 Å². The van der Waals surface area contributed by atoms with E-state index in [1.807, 2.05) is 24.3 Å². The van der Waals surface area contributed by atoms with Crippen LogP contribution in [0.15, 0.2) is 58.6 Å². The fourth-order valence-electron chi connectivity index (χ4n) is 3.16. The molecule has 2 aromatic carbocycles. The summed E-state index contributed by atoms with van der Waals surface area (Å²) in [6.45, 7) is 4.21. The zero-order chi connectivity index (χ0) is 18.8. The molecular formula is C21H22N4OS. The first-order chi connectivity index (χ1) is 13.2. The standard InChI is InChI=1S/C21H22N4OS/c1-3-4-13-27-21-23-20(26)18-16-7-5-6-8-17(16)22-19(25(18)24-21)15-11-9-14(2)10-12-15/h5-12,19H,3-4,13H2,1-2H3,(H,23,24,26)/t19-/m1/s1. The number of hydrogen-bond donors (Lipinski definition) is 1. The Bertz CT molecular complexity index is 1010.